The Hall–Kier alpha value is -2.24. The minimum atomic E-state index is -1.83. The summed E-state index contributed by atoms with van der Waals surface area (Å²) in [5.41, 5.74) is -0.346. The minimum absolute atomic E-state index is 0.102. The highest BCUT2D eigenvalue weighted by molar-refractivity contribution is 6.28. The molecule has 0 radical (unpaired) electrons. The van der Waals surface area contributed by atoms with Crippen molar-refractivity contribution in [3.05, 3.63) is 11.6 Å². The van der Waals surface area contributed by atoms with E-state index in [1.807, 2.05) is 6.92 Å². The van der Waals surface area contributed by atoms with Crippen molar-refractivity contribution in [2.75, 3.05) is 13.2 Å². The molecule has 3 heterocycles. The van der Waals surface area contributed by atoms with Crippen molar-refractivity contribution >= 4 is 28.9 Å². The first-order chi connectivity index (χ1) is 14.6. The van der Waals surface area contributed by atoms with Gasteiger partial charge in [0.1, 0.15) is 11.7 Å². The minimum Gasteiger partial charge on any atom is -0.476 e. The number of aliphatic hydroxyl groups is 1. The van der Waals surface area contributed by atoms with E-state index in [2.05, 4.69) is 15.0 Å². The molecule has 1 aliphatic heterocycles. The lowest BCUT2D eigenvalue weighted by Crippen LogP contribution is -2.37. The van der Waals surface area contributed by atoms with Crippen LogP contribution in [-0.2, 0) is 14.2 Å². The van der Waals surface area contributed by atoms with Crippen LogP contribution in [0.15, 0.2) is 6.33 Å². The molecular formula is C19H26ClFN4O6. The van der Waals surface area contributed by atoms with Crippen LogP contribution in [0.25, 0.3) is 11.2 Å². The molecule has 0 amide bonds. The van der Waals surface area contributed by atoms with E-state index in [4.69, 9.17) is 30.5 Å². The van der Waals surface area contributed by atoms with Gasteiger partial charge in [-0.25, -0.2) is 14.2 Å². The normalized spacial score (nSPS) is 23.8. The summed E-state index contributed by atoms with van der Waals surface area (Å²) in [4.78, 5) is 24.4. The predicted octanol–water partition coefficient (Wildman–Crippen LogP) is 3.21. The lowest BCUT2D eigenvalue weighted by Gasteiger charge is -2.23. The monoisotopic (exact) mass is 460 g/mol. The summed E-state index contributed by atoms with van der Waals surface area (Å²) in [7, 11) is 0. The summed E-state index contributed by atoms with van der Waals surface area (Å²) in [6.07, 6.45) is -3.62. The van der Waals surface area contributed by atoms with Gasteiger partial charge in [-0.15, -0.1) is 0 Å². The Labute approximate surface area is 183 Å². The number of fused-ring (bicyclic) bond motifs is 1. The van der Waals surface area contributed by atoms with E-state index in [9.17, 15) is 9.90 Å². The van der Waals surface area contributed by atoms with Crippen molar-refractivity contribution in [3.8, 4) is 5.88 Å². The molecule has 0 aromatic carbocycles. The quantitative estimate of drug-likeness (QED) is 0.377. The molecule has 1 N–H and O–H groups in total. The molecule has 1 saturated heterocycles. The molecule has 172 valence electrons. The van der Waals surface area contributed by atoms with Gasteiger partial charge in [0.25, 0.3) is 0 Å². The number of ether oxygens (including phenoxy) is 4. The maximum absolute atomic E-state index is 15.3. The van der Waals surface area contributed by atoms with E-state index in [0.717, 1.165) is 12.8 Å². The second-order valence-corrected chi connectivity index (χ2v) is 8.40. The van der Waals surface area contributed by atoms with Crippen LogP contribution in [0.2, 0.25) is 5.28 Å². The van der Waals surface area contributed by atoms with Crippen LogP contribution in [0, 0.1) is 0 Å². The number of aromatic nitrogens is 4. The van der Waals surface area contributed by atoms with Crippen LogP contribution in [-0.4, -0.2) is 68.0 Å². The van der Waals surface area contributed by atoms with Crippen LogP contribution < -0.4 is 4.74 Å². The molecule has 31 heavy (non-hydrogen) atoms. The van der Waals surface area contributed by atoms with Crippen LogP contribution in [0.3, 0.4) is 0 Å². The fourth-order valence-electron chi connectivity index (χ4n) is 3.06. The number of imidazole rings is 1. The molecule has 1 fully saturated rings. The Morgan fingerprint density at radius 1 is 1.39 bits per heavy atom. The smallest absolute Gasteiger partial charge is 0.476 e. The van der Waals surface area contributed by atoms with Gasteiger partial charge in [-0.1, -0.05) is 13.3 Å². The summed E-state index contributed by atoms with van der Waals surface area (Å²) in [5, 5.41) is 9.52. The van der Waals surface area contributed by atoms with E-state index in [1.165, 1.54) is 10.9 Å². The molecular weight excluding hydrogens is 435 g/mol. The van der Waals surface area contributed by atoms with E-state index in [1.54, 1.807) is 20.8 Å². The lowest BCUT2D eigenvalue weighted by molar-refractivity contribution is -0.0682. The number of carbonyl (C=O) groups excluding carboxylic acids is 1. The first-order valence-corrected chi connectivity index (χ1v) is 10.3. The largest absolute Gasteiger partial charge is 0.509 e. The molecule has 3 rings (SSSR count). The number of hydrogen-bond acceptors (Lipinski definition) is 9. The highest BCUT2D eigenvalue weighted by atomic mass is 35.5. The zero-order valence-electron chi connectivity index (χ0n) is 17.7. The fourth-order valence-corrected chi connectivity index (χ4v) is 3.21. The van der Waals surface area contributed by atoms with Crippen molar-refractivity contribution in [2.24, 2.45) is 0 Å². The van der Waals surface area contributed by atoms with Crippen molar-refractivity contribution in [1.82, 2.24) is 19.5 Å². The van der Waals surface area contributed by atoms with Crippen molar-refractivity contribution in [1.29, 1.82) is 0 Å². The van der Waals surface area contributed by atoms with E-state index in [0.29, 0.717) is 6.61 Å². The third-order valence-corrected chi connectivity index (χ3v) is 4.61. The number of alkyl halides is 1. The maximum atomic E-state index is 15.3. The zero-order chi connectivity index (χ0) is 22.8. The molecule has 0 saturated carbocycles. The van der Waals surface area contributed by atoms with E-state index < -0.39 is 43.0 Å². The first-order valence-electron chi connectivity index (χ1n) is 9.97. The summed E-state index contributed by atoms with van der Waals surface area (Å²) in [6.45, 7) is 6.82. The Balaban J connectivity index is 1.86. The number of halogens is 2. The molecule has 1 aliphatic rings. The standard InChI is InChI=1S/C19H26ClFN4O6/c1-5-6-7-28-15-12-14(23-17(20)24-15)25(9-22-12)16-11(21)13(10(8-26)29-16)30-18(27)31-19(2,3)4/h9-11,13,16,26H,5-8H2,1-4H3/t10-,11+,13-,16-/m1/s1. The number of hydrogen-bond donors (Lipinski definition) is 1. The van der Waals surface area contributed by atoms with Crippen LogP contribution >= 0.6 is 11.6 Å². The summed E-state index contributed by atoms with van der Waals surface area (Å²) < 4.78 is 38.1. The number of carbonyl (C=O) groups is 1. The molecule has 4 atom stereocenters. The Bertz CT molecular complexity index is 921. The average Bonchev–Trinajstić information content (AvgIpc) is 3.22. The summed E-state index contributed by atoms with van der Waals surface area (Å²) >= 11 is 6.02. The molecule has 12 heteroatoms. The van der Waals surface area contributed by atoms with Crippen molar-refractivity contribution in [3.63, 3.8) is 0 Å². The molecule has 10 nitrogen and oxygen atoms in total. The van der Waals surface area contributed by atoms with Crippen LogP contribution in [0.5, 0.6) is 5.88 Å². The number of aliphatic hydroxyl groups excluding tert-OH is 1. The van der Waals surface area contributed by atoms with Crippen LogP contribution in [0.1, 0.15) is 46.8 Å². The van der Waals surface area contributed by atoms with Crippen molar-refractivity contribution in [2.45, 2.75) is 70.7 Å². The van der Waals surface area contributed by atoms with Gasteiger partial charge in [0, 0.05) is 0 Å². The molecule has 0 bridgehead atoms. The van der Waals surface area contributed by atoms with Gasteiger partial charge in [-0.05, 0) is 38.8 Å². The Morgan fingerprint density at radius 2 is 2.13 bits per heavy atom. The Morgan fingerprint density at radius 3 is 2.77 bits per heavy atom. The van der Waals surface area contributed by atoms with Gasteiger partial charge >= 0.3 is 6.16 Å². The zero-order valence-corrected chi connectivity index (χ0v) is 18.5. The van der Waals surface area contributed by atoms with Gasteiger partial charge < -0.3 is 24.1 Å². The van der Waals surface area contributed by atoms with Crippen LogP contribution in [0.4, 0.5) is 9.18 Å². The second kappa shape index (κ2) is 9.49. The van der Waals surface area contributed by atoms with Gasteiger partial charge in [0.05, 0.1) is 19.5 Å². The second-order valence-electron chi connectivity index (χ2n) is 8.06. The highest BCUT2D eigenvalue weighted by Gasteiger charge is 2.49. The summed E-state index contributed by atoms with van der Waals surface area (Å²) in [5.74, 6) is 0.177. The lowest BCUT2D eigenvalue weighted by atomic mass is 10.1. The number of rotatable bonds is 7. The SMILES string of the molecule is CCCCOc1nc(Cl)nc2c1ncn2[C@@H]1O[C@H](CO)[C@@H](OC(=O)OC(C)(C)C)[C@@H]1F. The van der Waals surface area contributed by atoms with Gasteiger partial charge in [-0.2, -0.15) is 9.97 Å². The topological polar surface area (TPSA) is 118 Å². The van der Waals surface area contributed by atoms with Gasteiger partial charge in [0.2, 0.25) is 11.2 Å². The number of unbranched alkanes of at least 4 members (excludes halogenated alkanes) is 1. The maximum Gasteiger partial charge on any atom is 0.509 e. The first kappa shape index (κ1) is 23.4. The van der Waals surface area contributed by atoms with Crippen molar-refractivity contribution < 1.29 is 33.2 Å². The molecule has 0 aliphatic carbocycles. The molecule has 0 unspecified atom stereocenters. The highest BCUT2D eigenvalue weighted by Crippen LogP contribution is 2.36. The summed E-state index contributed by atoms with van der Waals surface area (Å²) in [6, 6.07) is 0. The van der Waals surface area contributed by atoms with E-state index in [-0.39, 0.29) is 22.3 Å². The Kier molecular flexibility index (Phi) is 7.17. The average molecular weight is 461 g/mol. The van der Waals surface area contributed by atoms with Gasteiger partial charge in [0.15, 0.2) is 29.7 Å². The fraction of sp³-hybridized carbons (Fsp3) is 0.684. The number of nitrogens with zero attached hydrogens (tertiary/aromatic N) is 4. The van der Waals surface area contributed by atoms with Gasteiger partial charge in [-0.3, -0.25) is 4.57 Å². The molecule has 0 spiro atoms. The van der Waals surface area contributed by atoms with E-state index >= 15 is 4.39 Å². The predicted molar refractivity (Wildman–Crippen MR) is 108 cm³/mol. The molecule has 2 aromatic heterocycles. The third-order valence-electron chi connectivity index (χ3n) is 4.44. The third kappa shape index (κ3) is 5.34. The molecule has 2 aromatic rings.